The quantitative estimate of drug-likeness (QED) is 0.588. The highest BCUT2D eigenvalue weighted by Crippen LogP contribution is 2.10. The first kappa shape index (κ1) is 5.30. The van der Waals surface area contributed by atoms with Crippen LogP contribution in [0, 0.1) is 0 Å². The summed E-state index contributed by atoms with van der Waals surface area (Å²) in [7, 11) is 1.50. The topological polar surface area (TPSA) is 61.0 Å². The molecular weight excluding hydrogens is 126 g/mol. The van der Waals surface area contributed by atoms with E-state index in [4.69, 9.17) is 5.73 Å². The number of methoxy groups -OCH3 is 1. The Morgan fingerprint density at radius 2 is 2.50 bits per heavy atom. The Labute approximate surface area is 50.5 Å². The molecule has 1 heterocycles. The van der Waals surface area contributed by atoms with Gasteiger partial charge in [-0.2, -0.15) is 4.98 Å². The van der Waals surface area contributed by atoms with Gasteiger partial charge in [0, 0.05) is 11.5 Å². The molecule has 44 valence electrons. The van der Waals surface area contributed by atoms with Crippen molar-refractivity contribution in [1.29, 1.82) is 0 Å². The highest BCUT2D eigenvalue weighted by molar-refractivity contribution is 7.09. The molecule has 1 aromatic rings. The van der Waals surface area contributed by atoms with Gasteiger partial charge in [0.25, 0.3) is 0 Å². The first-order valence-electron chi connectivity index (χ1n) is 1.96. The molecule has 0 atom stereocenters. The minimum Gasteiger partial charge on any atom is -0.466 e. The molecule has 4 nitrogen and oxygen atoms in total. The van der Waals surface area contributed by atoms with Crippen molar-refractivity contribution in [3.63, 3.8) is 0 Å². The summed E-state index contributed by atoms with van der Waals surface area (Å²) in [6.45, 7) is 0. The van der Waals surface area contributed by atoms with Gasteiger partial charge in [-0.3, -0.25) is 0 Å². The number of nitrogen functional groups attached to an aromatic ring is 1. The predicted octanol–water partition coefficient (Wildman–Crippen LogP) is 0.129. The molecule has 0 aromatic carbocycles. The highest BCUT2D eigenvalue weighted by Gasteiger charge is 1.95. The molecule has 0 unspecified atom stereocenters. The van der Waals surface area contributed by atoms with Crippen LogP contribution >= 0.6 is 11.5 Å². The number of nitrogens with two attached hydrogens (primary N) is 1. The number of aromatic nitrogens is 2. The lowest BCUT2D eigenvalue weighted by molar-refractivity contribution is 0.386. The van der Waals surface area contributed by atoms with Crippen LogP contribution in [0.1, 0.15) is 0 Å². The number of hydrogen-bond donors (Lipinski definition) is 1. The smallest absolute Gasteiger partial charge is 0.329 e. The number of nitrogens with zero attached hydrogens (tertiary/aromatic N) is 2. The Balaban J connectivity index is 2.84. The van der Waals surface area contributed by atoms with Crippen molar-refractivity contribution in [2.24, 2.45) is 0 Å². The molecule has 0 saturated heterocycles. The Morgan fingerprint density at radius 1 is 1.75 bits per heavy atom. The Morgan fingerprint density at radius 3 is 2.75 bits per heavy atom. The molecule has 2 N–H and O–H groups in total. The summed E-state index contributed by atoms with van der Waals surface area (Å²) in [5.41, 5.74) is 5.22. The van der Waals surface area contributed by atoms with Crippen LogP contribution < -0.4 is 10.5 Å². The maximum Gasteiger partial charge on any atom is 0.329 e. The van der Waals surface area contributed by atoms with E-state index in [0.717, 1.165) is 11.5 Å². The van der Waals surface area contributed by atoms with E-state index in [1.165, 1.54) is 7.11 Å². The van der Waals surface area contributed by atoms with Crippen molar-refractivity contribution in [1.82, 2.24) is 9.36 Å². The van der Waals surface area contributed by atoms with E-state index in [2.05, 4.69) is 14.1 Å². The largest absolute Gasteiger partial charge is 0.466 e. The van der Waals surface area contributed by atoms with Crippen molar-refractivity contribution in [3.8, 4) is 6.01 Å². The first-order valence-corrected chi connectivity index (χ1v) is 2.73. The van der Waals surface area contributed by atoms with E-state index < -0.39 is 0 Å². The average molecular weight is 131 g/mol. The average Bonchev–Trinajstić information content (AvgIpc) is 2.14. The molecule has 0 fully saturated rings. The van der Waals surface area contributed by atoms with Crippen molar-refractivity contribution in [2.75, 3.05) is 12.8 Å². The Kier molecular flexibility index (Phi) is 1.29. The first-order chi connectivity index (χ1) is 3.83. The second-order valence-electron chi connectivity index (χ2n) is 1.12. The minimum absolute atomic E-state index is 0.340. The summed E-state index contributed by atoms with van der Waals surface area (Å²) >= 11 is 1.12. The number of hydrogen-bond acceptors (Lipinski definition) is 5. The van der Waals surface area contributed by atoms with Crippen molar-refractivity contribution in [3.05, 3.63) is 0 Å². The second-order valence-corrected chi connectivity index (χ2v) is 1.90. The lowest BCUT2D eigenvalue weighted by atomic mass is 11.1. The summed E-state index contributed by atoms with van der Waals surface area (Å²) in [6, 6.07) is 0.340. The minimum atomic E-state index is 0.340. The molecule has 0 aliphatic heterocycles. The monoisotopic (exact) mass is 131 g/mol. The van der Waals surface area contributed by atoms with Gasteiger partial charge in [0.15, 0.2) is 0 Å². The zero-order valence-electron chi connectivity index (χ0n) is 4.29. The van der Waals surface area contributed by atoms with Crippen LogP contribution in [0.5, 0.6) is 6.01 Å². The van der Waals surface area contributed by atoms with Crippen LogP contribution in [-0.4, -0.2) is 16.5 Å². The summed E-state index contributed by atoms with van der Waals surface area (Å²) in [5.74, 6) is 0. The summed E-state index contributed by atoms with van der Waals surface area (Å²) in [4.78, 5) is 3.69. The molecule has 1 aromatic heterocycles. The van der Waals surface area contributed by atoms with Crippen LogP contribution in [0.4, 0.5) is 5.13 Å². The fourth-order valence-electron chi connectivity index (χ4n) is 0.304. The summed E-state index contributed by atoms with van der Waals surface area (Å²) in [5, 5.41) is 0.432. The molecule has 8 heavy (non-hydrogen) atoms. The highest BCUT2D eigenvalue weighted by atomic mass is 32.1. The molecule has 0 aliphatic rings. The van der Waals surface area contributed by atoms with Crippen LogP contribution in [0.25, 0.3) is 0 Å². The number of rotatable bonds is 1. The molecule has 0 saturated carbocycles. The van der Waals surface area contributed by atoms with E-state index in [1.807, 2.05) is 0 Å². The zero-order chi connectivity index (χ0) is 5.98. The Hall–Kier alpha value is -0.840. The molecule has 0 radical (unpaired) electrons. The van der Waals surface area contributed by atoms with Gasteiger partial charge >= 0.3 is 6.01 Å². The molecule has 0 amide bonds. The molecule has 5 heteroatoms. The van der Waals surface area contributed by atoms with Gasteiger partial charge in [0.05, 0.1) is 7.11 Å². The fraction of sp³-hybridized carbons (Fsp3) is 0.333. The van der Waals surface area contributed by atoms with Gasteiger partial charge < -0.3 is 10.5 Å². The van der Waals surface area contributed by atoms with Crippen LogP contribution in [-0.2, 0) is 0 Å². The third-order valence-corrected chi connectivity index (χ3v) is 1.13. The Bertz CT molecular complexity index is 175. The normalized spacial score (nSPS) is 9.12. The number of ether oxygens (including phenoxy) is 1. The molecule has 1 rings (SSSR count). The molecule has 0 aliphatic carbocycles. The predicted molar refractivity (Wildman–Crippen MR) is 30.9 cm³/mol. The summed E-state index contributed by atoms with van der Waals surface area (Å²) < 4.78 is 8.36. The third kappa shape index (κ3) is 0.865. The van der Waals surface area contributed by atoms with E-state index in [1.54, 1.807) is 0 Å². The lowest BCUT2D eigenvalue weighted by Crippen LogP contribution is -1.85. The fourth-order valence-corrected chi connectivity index (χ4v) is 0.710. The second kappa shape index (κ2) is 1.95. The van der Waals surface area contributed by atoms with Crippen LogP contribution in [0.15, 0.2) is 0 Å². The van der Waals surface area contributed by atoms with Gasteiger partial charge in [-0.05, 0) is 0 Å². The van der Waals surface area contributed by atoms with Gasteiger partial charge in [0.1, 0.15) is 0 Å². The van der Waals surface area contributed by atoms with E-state index in [0.29, 0.717) is 11.1 Å². The van der Waals surface area contributed by atoms with Gasteiger partial charge in [-0.15, -0.1) is 4.37 Å². The van der Waals surface area contributed by atoms with E-state index in [9.17, 15) is 0 Å². The standard InChI is InChI=1S/C3H5N3OS/c1-7-3-5-2(4)8-6-3/h1H3,(H2,4,5,6). The lowest BCUT2D eigenvalue weighted by Gasteiger charge is -1.83. The molecule has 0 bridgehead atoms. The summed E-state index contributed by atoms with van der Waals surface area (Å²) in [6.07, 6.45) is 0. The van der Waals surface area contributed by atoms with Gasteiger partial charge in [-0.25, -0.2) is 0 Å². The van der Waals surface area contributed by atoms with Crippen LogP contribution in [0.2, 0.25) is 0 Å². The zero-order valence-corrected chi connectivity index (χ0v) is 5.10. The maximum absolute atomic E-state index is 5.22. The van der Waals surface area contributed by atoms with E-state index in [-0.39, 0.29) is 0 Å². The van der Waals surface area contributed by atoms with Gasteiger partial charge in [0.2, 0.25) is 5.13 Å². The maximum atomic E-state index is 5.22. The SMILES string of the molecule is COc1nsc(N)n1. The molecular formula is C3H5N3OS. The van der Waals surface area contributed by atoms with E-state index >= 15 is 0 Å². The molecule has 0 spiro atoms. The van der Waals surface area contributed by atoms with Crippen molar-refractivity contribution in [2.45, 2.75) is 0 Å². The van der Waals surface area contributed by atoms with Gasteiger partial charge in [-0.1, -0.05) is 0 Å². The third-order valence-electron chi connectivity index (χ3n) is 0.606. The number of anilines is 1. The van der Waals surface area contributed by atoms with Crippen LogP contribution in [0.3, 0.4) is 0 Å². The van der Waals surface area contributed by atoms with Crippen molar-refractivity contribution >= 4 is 16.7 Å². The van der Waals surface area contributed by atoms with Crippen molar-refractivity contribution < 1.29 is 4.74 Å².